The van der Waals surface area contributed by atoms with Crippen LogP contribution in [0.4, 0.5) is 5.69 Å². The number of benzene rings is 3. The van der Waals surface area contributed by atoms with Crippen molar-refractivity contribution in [3.63, 3.8) is 0 Å². The Morgan fingerprint density at radius 2 is 1.55 bits per heavy atom. The fourth-order valence-corrected chi connectivity index (χ4v) is 6.67. The standard InChI is InChI=1S/C36H39N5O6/c1-38-19-15-36(16-20-38,35(45)37-26-10-11-29-25(22-26)14-17-39(29)2)41(18-13-24-9-12-30(46-3)31(21-24)47-4)32(42)23-40-33(43)27-7-5-6-8-28(27)34(40)44/h5-12,14,17,21-22H,13,15-16,18-20,23H2,1-4H3,(H,37,45). The highest BCUT2D eigenvalue weighted by atomic mass is 16.5. The van der Waals surface area contributed by atoms with Crippen LogP contribution in [0.1, 0.15) is 39.1 Å². The highest BCUT2D eigenvalue weighted by Gasteiger charge is 2.49. The summed E-state index contributed by atoms with van der Waals surface area (Å²) >= 11 is 0. The number of likely N-dealkylation sites (tertiary alicyclic amines) is 1. The molecule has 4 amide bonds. The lowest BCUT2D eigenvalue weighted by Gasteiger charge is -2.47. The summed E-state index contributed by atoms with van der Waals surface area (Å²) in [6.07, 6.45) is 3.11. The average Bonchev–Trinajstić information content (AvgIpc) is 3.57. The number of fused-ring (bicyclic) bond motifs is 2. The fourth-order valence-electron chi connectivity index (χ4n) is 6.67. The molecule has 6 rings (SSSR count). The first kappa shape index (κ1) is 31.8. The van der Waals surface area contributed by atoms with E-state index in [-0.39, 0.29) is 23.6 Å². The van der Waals surface area contributed by atoms with Crippen LogP contribution in [0, 0.1) is 0 Å². The Hall–Kier alpha value is -5.16. The van der Waals surface area contributed by atoms with Crippen LogP contribution in [-0.2, 0) is 23.1 Å². The number of ether oxygens (including phenoxy) is 2. The lowest BCUT2D eigenvalue weighted by atomic mass is 9.83. The predicted octanol–water partition coefficient (Wildman–Crippen LogP) is 3.97. The summed E-state index contributed by atoms with van der Waals surface area (Å²) in [5, 5.41) is 4.10. The molecule has 1 aromatic heterocycles. The van der Waals surface area contributed by atoms with Crippen molar-refractivity contribution in [2.75, 3.05) is 52.8 Å². The van der Waals surface area contributed by atoms with Crippen LogP contribution >= 0.6 is 0 Å². The van der Waals surface area contributed by atoms with Crippen molar-refractivity contribution in [1.29, 1.82) is 0 Å². The van der Waals surface area contributed by atoms with Crippen LogP contribution in [0.15, 0.2) is 72.9 Å². The summed E-state index contributed by atoms with van der Waals surface area (Å²) < 4.78 is 12.9. The van der Waals surface area contributed by atoms with Gasteiger partial charge in [-0.05, 0) is 80.4 Å². The highest BCUT2D eigenvalue weighted by Crippen LogP contribution is 2.34. The third kappa shape index (κ3) is 5.94. The van der Waals surface area contributed by atoms with Gasteiger partial charge in [0.25, 0.3) is 11.8 Å². The van der Waals surface area contributed by atoms with Crippen molar-refractivity contribution in [1.82, 2.24) is 19.3 Å². The van der Waals surface area contributed by atoms with Gasteiger partial charge in [-0.1, -0.05) is 18.2 Å². The molecule has 244 valence electrons. The molecule has 3 aromatic carbocycles. The van der Waals surface area contributed by atoms with E-state index in [2.05, 4.69) is 10.2 Å². The maximum absolute atomic E-state index is 14.5. The lowest BCUT2D eigenvalue weighted by Crippen LogP contribution is -2.64. The second-order valence-electron chi connectivity index (χ2n) is 12.2. The number of carbonyl (C=O) groups excluding carboxylic acids is 4. The van der Waals surface area contributed by atoms with Crippen molar-refractivity contribution in [3.8, 4) is 11.5 Å². The van der Waals surface area contributed by atoms with Crippen LogP contribution in [0.3, 0.4) is 0 Å². The van der Waals surface area contributed by atoms with Crippen molar-refractivity contribution in [2.24, 2.45) is 7.05 Å². The van der Waals surface area contributed by atoms with Gasteiger partial charge in [-0.2, -0.15) is 0 Å². The first-order valence-corrected chi connectivity index (χ1v) is 15.7. The van der Waals surface area contributed by atoms with E-state index < -0.39 is 29.8 Å². The van der Waals surface area contributed by atoms with Gasteiger partial charge >= 0.3 is 0 Å². The SMILES string of the molecule is COc1ccc(CCN(C(=O)CN2C(=O)c3ccccc3C2=O)C2(C(=O)Nc3ccc4c(ccn4C)c3)CCN(C)CC2)cc1OC. The smallest absolute Gasteiger partial charge is 0.262 e. The van der Waals surface area contributed by atoms with Crippen molar-refractivity contribution in [2.45, 2.75) is 24.8 Å². The molecule has 0 unspecified atom stereocenters. The number of piperidine rings is 1. The number of methoxy groups -OCH3 is 2. The number of carbonyl (C=O) groups is 4. The van der Waals surface area contributed by atoms with E-state index in [0.29, 0.717) is 49.5 Å². The molecule has 1 N–H and O–H groups in total. The molecule has 0 radical (unpaired) electrons. The van der Waals surface area contributed by atoms with Gasteiger partial charge in [-0.15, -0.1) is 0 Å². The highest BCUT2D eigenvalue weighted by molar-refractivity contribution is 6.22. The molecule has 2 aliphatic heterocycles. The number of hydrogen-bond donors (Lipinski definition) is 1. The minimum atomic E-state index is -1.23. The summed E-state index contributed by atoms with van der Waals surface area (Å²) in [4.78, 5) is 60.2. The molecule has 0 atom stereocenters. The minimum Gasteiger partial charge on any atom is -0.493 e. The lowest BCUT2D eigenvalue weighted by molar-refractivity contribution is -0.148. The van der Waals surface area contributed by atoms with E-state index in [4.69, 9.17) is 9.47 Å². The fraction of sp³-hybridized carbons (Fsp3) is 0.333. The molecular weight excluding hydrogens is 598 g/mol. The molecule has 0 spiro atoms. The Labute approximate surface area is 273 Å². The number of nitrogens with one attached hydrogen (secondary N) is 1. The Bertz CT molecular complexity index is 1820. The molecule has 11 nitrogen and oxygen atoms in total. The van der Waals surface area contributed by atoms with Gasteiger partial charge in [0.05, 0.1) is 25.3 Å². The van der Waals surface area contributed by atoms with Gasteiger partial charge in [0.2, 0.25) is 11.8 Å². The first-order valence-electron chi connectivity index (χ1n) is 15.7. The topological polar surface area (TPSA) is 113 Å². The molecule has 47 heavy (non-hydrogen) atoms. The van der Waals surface area contributed by atoms with Crippen molar-refractivity contribution in [3.05, 3.63) is 89.6 Å². The number of nitrogens with zero attached hydrogens (tertiary/aromatic N) is 4. The Morgan fingerprint density at radius 3 is 2.21 bits per heavy atom. The second kappa shape index (κ2) is 12.9. The zero-order valence-corrected chi connectivity index (χ0v) is 27.1. The summed E-state index contributed by atoms with van der Waals surface area (Å²) in [5.41, 5.74) is 1.84. The Balaban J connectivity index is 1.34. The van der Waals surface area contributed by atoms with E-state index >= 15 is 0 Å². The summed E-state index contributed by atoms with van der Waals surface area (Å²) in [6.45, 7) is 0.863. The van der Waals surface area contributed by atoms with Crippen LogP contribution in [0.5, 0.6) is 11.5 Å². The molecule has 1 saturated heterocycles. The first-order chi connectivity index (χ1) is 22.6. The largest absolute Gasteiger partial charge is 0.493 e. The Morgan fingerprint density at radius 1 is 0.872 bits per heavy atom. The van der Waals surface area contributed by atoms with Crippen LogP contribution < -0.4 is 14.8 Å². The number of amides is 4. The van der Waals surface area contributed by atoms with Gasteiger partial charge < -0.3 is 29.2 Å². The maximum atomic E-state index is 14.5. The molecule has 3 heterocycles. The molecule has 0 bridgehead atoms. The predicted molar refractivity (Wildman–Crippen MR) is 178 cm³/mol. The van der Waals surface area contributed by atoms with Gasteiger partial charge in [0, 0.05) is 49.5 Å². The normalized spacial score (nSPS) is 15.9. The van der Waals surface area contributed by atoms with Crippen molar-refractivity contribution < 1.29 is 28.7 Å². The van der Waals surface area contributed by atoms with E-state index in [1.54, 1.807) is 49.5 Å². The number of rotatable bonds is 10. The van der Waals surface area contributed by atoms with E-state index in [1.165, 1.54) is 0 Å². The quantitative estimate of drug-likeness (QED) is 0.262. The van der Waals surface area contributed by atoms with E-state index in [0.717, 1.165) is 21.4 Å². The zero-order valence-electron chi connectivity index (χ0n) is 27.1. The average molecular weight is 638 g/mol. The third-order valence-electron chi connectivity index (χ3n) is 9.44. The molecule has 0 aliphatic carbocycles. The number of aryl methyl sites for hydroxylation is 1. The summed E-state index contributed by atoms with van der Waals surface area (Å²) in [5.74, 6) is -0.677. The van der Waals surface area contributed by atoms with Crippen LogP contribution in [-0.4, -0.2) is 95.9 Å². The van der Waals surface area contributed by atoms with Gasteiger partial charge in [0.1, 0.15) is 12.1 Å². The minimum absolute atomic E-state index is 0.173. The monoisotopic (exact) mass is 637 g/mol. The maximum Gasteiger partial charge on any atom is 0.262 e. The van der Waals surface area contributed by atoms with E-state index in [9.17, 15) is 19.2 Å². The van der Waals surface area contributed by atoms with Crippen molar-refractivity contribution >= 4 is 40.2 Å². The number of aromatic nitrogens is 1. The van der Waals surface area contributed by atoms with Gasteiger partial charge in [0.15, 0.2) is 11.5 Å². The second-order valence-corrected chi connectivity index (χ2v) is 12.2. The van der Waals surface area contributed by atoms with E-state index in [1.807, 2.05) is 61.3 Å². The molecule has 1 fully saturated rings. The molecule has 0 saturated carbocycles. The molecule has 4 aromatic rings. The van der Waals surface area contributed by atoms with Gasteiger partial charge in [-0.3, -0.25) is 24.1 Å². The summed E-state index contributed by atoms with van der Waals surface area (Å²) in [7, 11) is 7.07. The molecular formula is C36H39N5O6. The molecule has 2 aliphatic rings. The summed E-state index contributed by atoms with van der Waals surface area (Å²) in [6, 6.07) is 19.8. The van der Waals surface area contributed by atoms with Crippen LogP contribution in [0.25, 0.3) is 10.9 Å². The molecule has 11 heteroatoms. The zero-order chi connectivity index (χ0) is 33.3. The number of imide groups is 1. The number of hydrogen-bond acceptors (Lipinski definition) is 7. The third-order valence-corrected chi connectivity index (χ3v) is 9.44. The van der Waals surface area contributed by atoms with Gasteiger partial charge in [-0.25, -0.2) is 0 Å². The number of anilines is 1. The Kier molecular flexibility index (Phi) is 8.74. The van der Waals surface area contributed by atoms with Crippen LogP contribution in [0.2, 0.25) is 0 Å².